The Hall–Kier alpha value is -4.16. The van der Waals surface area contributed by atoms with Gasteiger partial charge in [-0.3, -0.25) is 0 Å². The van der Waals surface area contributed by atoms with Crippen molar-refractivity contribution in [3.8, 4) is 0 Å². The van der Waals surface area contributed by atoms with E-state index >= 15 is 0 Å². The summed E-state index contributed by atoms with van der Waals surface area (Å²) in [4.78, 5) is 44.3. The fourth-order valence-corrected chi connectivity index (χ4v) is 1.46. The Morgan fingerprint density at radius 1 is 0.720 bits per heavy atom. The van der Waals surface area contributed by atoms with Gasteiger partial charge in [-0.05, 0) is 29.1 Å². The lowest BCUT2D eigenvalue weighted by atomic mass is 10.9. The van der Waals surface area contributed by atoms with Gasteiger partial charge in [0.15, 0.2) is 0 Å². The Bertz CT molecular complexity index is 798. The monoisotopic (exact) mass is 360 g/mol. The summed E-state index contributed by atoms with van der Waals surface area (Å²) in [7, 11) is 0. The molecule has 0 aliphatic carbocycles. The van der Waals surface area contributed by atoms with Crippen LogP contribution in [0.25, 0.3) is 0 Å². The predicted molar refractivity (Wildman–Crippen MR) is 67.7 cm³/mol. The van der Waals surface area contributed by atoms with Crippen LogP contribution in [-0.2, 0) is 18.2 Å². The zero-order valence-corrected chi connectivity index (χ0v) is 11.6. The molecule has 0 aliphatic heterocycles. The summed E-state index contributed by atoms with van der Waals surface area (Å²) in [5.74, 6) is -4.13. The van der Waals surface area contributed by atoms with Crippen LogP contribution in [0.15, 0.2) is 0 Å². The molecule has 0 fully saturated rings. The maximum Gasteiger partial charge on any atom is 0.508 e. The molecule has 0 aromatic carbocycles. The molecule has 0 atom stereocenters. The molecular formula is C6H4N10O9. The number of ether oxygens (including phenoxy) is 1. The molecule has 0 amide bonds. The molecule has 2 aromatic heterocycles. The van der Waals surface area contributed by atoms with Gasteiger partial charge >= 0.3 is 23.8 Å². The van der Waals surface area contributed by atoms with E-state index in [0.717, 1.165) is 0 Å². The van der Waals surface area contributed by atoms with Crippen LogP contribution >= 0.6 is 0 Å². The quantitative estimate of drug-likeness (QED) is 0.411. The molecule has 2 aromatic rings. The minimum absolute atomic E-state index is 0.412. The average Bonchev–Trinajstić information content (AvgIpc) is 3.11. The van der Waals surface area contributed by atoms with Gasteiger partial charge in [-0.2, -0.15) is 0 Å². The Kier molecular flexibility index (Phi) is 4.49. The summed E-state index contributed by atoms with van der Waals surface area (Å²) in [5, 5.41) is 48.9. The van der Waals surface area contributed by atoms with Crippen molar-refractivity contribution in [2.75, 3.05) is 0 Å². The Morgan fingerprint density at radius 3 is 1.36 bits per heavy atom. The van der Waals surface area contributed by atoms with Crippen LogP contribution in [0.4, 0.5) is 23.8 Å². The molecule has 0 bridgehead atoms. The first-order chi connectivity index (χ1) is 11.7. The van der Waals surface area contributed by atoms with Crippen LogP contribution < -0.4 is 0 Å². The second-order valence-corrected chi connectivity index (χ2v) is 3.91. The van der Waals surface area contributed by atoms with Crippen molar-refractivity contribution in [3.05, 3.63) is 40.5 Å². The summed E-state index contributed by atoms with van der Waals surface area (Å²) in [6.07, 6.45) is 0. The van der Waals surface area contributed by atoms with E-state index in [1.807, 2.05) is 0 Å². The highest BCUT2D eigenvalue weighted by Gasteiger charge is 2.31. The van der Waals surface area contributed by atoms with Crippen LogP contribution in [0.5, 0.6) is 0 Å². The minimum atomic E-state index is -1.07. The van der Waals surface area contributed by atoms with Crippen molar-refractivity contribution in [2.24, 2.45) is 0 Å². The van der Waals surface area contributed by atoms with Crippen LogP contribution in [0, 0.1) is 40.5 Å². The molecule has 0 saturated heterocycles. The number of hydrogen-bond acceptors (Lipinski definition) is 13. The van der Waals surface area contributed by atoms with Gasteiger partial charge in [0.05, 0.1) is 10.2 Å². The number of hydrogen-bond donors (Lipinski definition) is 0. The first-order valence-electron chi connectivity index (χ1n) is 5.75. The average molecular weight is 360 g/mol. The molecule has 132 valence electrons. The third-order valence-corrected chi connectivity index (χ3v) is 2.36. The van der Waals surface area contributed by atoms with Crippen LogP contribution in [0.3, 0.4) is 0 Å². The van der Waals surface area contributed by atoms with Crippen molar-refractivity contribution < 1.29 is 24.4 Å². The lowest BCUT2D eigenvalue weighted by Crippen LogP contribution is -2.13. The lowest BCUT2D eigenvalue weighted by molar-refractivity contribution is -0.404. The van der Waals surface area contributed by atoms with Gasteiger partial charge in [-0.1, -0.05) is 0 Å². The molecule has 0 N–H and O–H groups in total. The fourth-order valence-electron chi connectivity index (χ4n) is 1.46. The van der Waals surface area contributed by atoms with Gasteiger partial charge in [-0.15, -0.1) is 0 Å². The molecular weight excluding hydrogens is 356 g/mol. The lowest BCUT2D eigenvalue weighted by Gasteiger charge is -1.98. The van der Waals surface area contributed by atoms with Crippen LogP contribution in [0.2, 0.25) is 0 Å². The Labute approximate surface area is 133 Å². The maximum atomic E-state index is 10.7. The zero-order chi connectivity index (χ0) is 18.7. The van der Waals surface area contributed by atoms with E-state index in [1.165, 1.54) is 0 Å². The third kappa shape index (κ3) is 3.61. The maximum absolute atomic E-state index is 10.7. The van der Waals surface area contributed by atoms with E-state index in [0.29, 0.717) is 9.36 Å². The molecule has 0 saturated carbocycles. The third-order valence-electron chi connectivity index (χ3n) is 2.36. The van der Waals surface area contributed by atoms with E-state index in [2.05, 4.69) is 20.2 Å². The minimum Gasteiger partial charge on any atom is -0.390 e. The summed E-state index contributed by atoms with van der Waals surface area (Å²) in [6, 6.07) is 0. The van der Waals surface area contributed by atoms with Gasteiger partial charge in [0.2, 0.25) is 13.5 Å². The van der Waals surface area contributed by atoms with Crippen molar-refractivity contribution in [2.45, 2.75) is 13.5 Å². The van der Waals surface area contributed by atoms with Crippen molar-refractivity contribution in [3.63, 3.8) is 0 Å². The summed E-state index contributed by atoms with van der Waals surface area (Å²) in [5.41, 5.74) is 0. The SMILES string of the molecule is O=[N+]([O-])c1nc([N+](=O)[O-])n(COCn2nc([N+](=O)[O-])nc2[N+](=O)[O-])n1. The second-order valence-electron chi connectivity index (χ2n) is 3.91. The van der Waals surface area contributed by atoms with Crippen molar-refractivity contribution in [1.82, 2.24) is 29.5 Å². The van der Waals surface area contributed by atoms with Crippen LogP contribution in [0.1, 0.15) is 0 Å². The van der Waals surface area contributed by atoms with Gasteiger partial charge < -0.3 is 45.2 Å². The standard InChI is InChI=1S/C6H4N10O9/c17-13(18)3-7-5(15(21)22)11(9-3)1-25-2-12-6(16(23)24)8-4(10-12)14(19)20/h1-2H2. The molecule has 0 aliphatic rings. The molecule has 25 heavy (non-hydrogen) atoms. The highest BCUT2D eigenvalue weighted by molar-refractivity contribution is 5.14. The largest absolute Gasteiger partial charge is 0.508 e. The molecule has 0 unspecified atom stereocenters. The van der Waals surface area contributed by atoms with Gasteiger partial charge in [-0.25, -0.2) is 0 Å². The number of nitro groups is 4. The van der Waals surface area contributed by atoms with Gasteiger partial charge in [0, 0.05) is 9.97 Å². The molecule has 19 nitrogen and oxygen atoms in total. The summed E-state index contributed by atoms with van der Waals surface area (Å²) in [6.45, 7) is -1.55. The summed E-state index contributed by atoms with van der Waals surface area (Å²) >= 11 is 0. The number of nitrogens with zero attached hydrogens (tertiary/aromatic N) is 10. The van der Waals surface area contributed by atoms with Gasteiger partial charge in [0.25, 0.3) is 0 Å². The predicted octanol–water partition coefficient (Wildman–Crippen LogP) is -0.866. The van der Waals surface area contributed by atoms with Crippen LogP contribution in [-0.4, -0.2) is 49.2 Å². The topological polar surface area (TPSA) is 243 Å². The molecule has 2 heterocycles. The summed E-state index contributed by atoms with van der Waals surface area (Å²) < 4.78 is 5.66. The highest BCUT2D eigenvalue weighted by Crippen LogP contribution is 2.15. The second kappa shape index (κ2) is 6.53. The fraction of sp³-hybridized carbons (Fsp3) is 0.333. The molecule has 2 rings (SSSR count). The normalized spacial score (nSPS) is 10.6. The van der Waals surface area contributed by atoms with Crippen molar-refractivity contribution in [1.29, 1.82) is 0 Å². The first-order valence-corrected chi connectivity index (χ1v) is 5.75. The molecule has 0 spiro atoms. The smallest absolute Gasteiger partial charge is 0.390 e. The van der Waals surface area contributed by atoms with Crippen molar-refractivity contribution >= 4 is 23.8 Å². The van der Waals surface area contributed by atoms with E-state index < -0.39 is 56.9 Å². The first kappa shape index (κ1) is 17.2. The highest BCUT2D eigenvalue weighted by atomic mass is 16.6. The Morgan fingerprint density at radius 2 is 1.08 bits per heavy atom. The van der Waals surface area contributed by atoms with E-state index in [4.69, 9.17) is 4.74 Å². The number of aromatic nitrogens is 6. The molecule has 19 heteroatoms. The van der Waals surface area contributed by atoms with Gasteiger partial charge in [0.1, 0.15) is 0 Å². The molecule has 0 radical (unpaired) electrons. The van der Waals surface area contributed by atoms with E-state index in [1.54, 1.807) is 0 Å². The zero-order valence-electron chi connectivity index (χ0n) is 11.6. The van der Waals surface area contributed by atoms with E-state index in [9.17, 15) is 40.5 Å². The Balaban J connectivity index is 2.16. The van der Waals surface area contributed by atoms with E-state index in [-0.39, 0.29) is 0 Å². The number of rotatable bonds is 8.